The van der Waals surface area contributed by atoms with Crippen molar-refractivity contribution in [2.45, 2.75) is 63.4 Å². The van der Waals surface area contributed by atoms with Gasteiger partial charge in [-0.1, -0.05) is 0 Å². The number of amides is 1. The van der Waals surface area contributed by atoms with Crippen LogP contribution in [-0.4, -0.2) is 47.2 Å². The van der Waals surface area contributed by atoms with Crippen LogP contribution in [0.4, 0.5) is 0 Å². The average Bonchev–Trinajstić information content (AvgIpc) is 3.32. The molecule has 0 aromatic carbocycles. The maximum Gasteiger partial charge on any atom is 0.223 e. The predicted molar refractivity (Wildman–Crippen MR) is 89.2 cm³/mol. The fourth-order valence-electron chi connectivity index (χ4n) is 3.90. The number of hydrogen-bond donors (Lipinski definition) is 0. The Hall–Kier alpha value is -1.46. The molecule has 130 valence electrons. The van der Waals surface area contributed by atoms with Crippen LogP contribution in [0, 0.1) is 5.92 Å². The van der Waals surface area contributed by atoms with E-state index in [0.717, 1.165) is 37.8 Å². The van der Waals surface area contributed by atoms with Crippen molar-refractivity contribution in [2.24, 2.45) is 5.92 Å². The molecule has 5 heteroatoms. The number of ether oxygens (including phenoxy) is 2. The van der Waals surface area contributed by atoms with Gasteiger partial charge in [0, 0.05) is 25.4 Å². The van der Waals surface area contributed by atoms with E-state index in [-0.39, 0.29) is 12.2 Å². The molecule has 0 radical (unpaired) electrons. The fourth-order valence-corrected chi connectivity index (χ4v) is 3.90. The Morgan fingerprint density at radius 2 is 2.04 bits per heavy atom. The Labute approximate surface area is 143 Å². The standard InChI is InChI=1S/C19H26N2O3/c22-19(11-14-1-2-14)21-10-7-18-17(21)4-3-16(24-18)13-23-12-15-5-8-20-9-6-15/h5-6,8-9,14,16-18H,1-4,7,10-13H2/t16-,17+,18+/m1/s1. The minimum absolute atomic E-state index is 0.159. The third kappa shape index (κ3) is 3.78. The monoisotopic (exact) mass is 330 g/mol. The highest BCUT2D eigenvalue weighted by atomic mass is 16.5. The van der Waals surface area contributed by atoms with Crippen molar-refractivity contribution >= 4 is 5.91 Å². The minimum Gasteiger partial charge on any atom is -0.374 e. The first-order valence-electron chi connectivity index (χ1n) is 9.21. The summed E-state index contributed by atoms with van der Waals surface area (Å²) in [5.41, 5.74) is 1.14. The van der Waals surface area contributed by atoms with E-state index in [4.69, 9.17) is 9.47 Å². The SMILES string of the molecule is O=C(CC1CC1)N1CC[C@@H]2O[C@@H](COCc3ccncc3)CC[C@@H]21. The molecule has 1 amide bonds. The number of fused-ring (bicyclic) bond motifs is 1. The molecule has 1 aliphatic carbocycles. The molecule has 1 aromatic heterocycles. The van der Waals surface area contributed by atoms with Crippen molar-refractivity contribution < 1.29 is 14.3 Å². The van der Waals surface area contributed by atoms with Gasteiger partial charge in [-0.3, -0.25) is 9.78 Å². The number of pyridine rings is 1. The first kappa shape index (κ1) is 16.0. The van der Waals surface area contributed by atoms with Crippen LogP contribution in [0.3, 0.4) is 0 Å². The summed E-state index contributed by atoms with van der Waals surface area (Å²) >= 11 is 0. The molecule has 24 heavy (non-hydrogen) atoms. The number of rotatable bonds is 6. The van der Waals surface area contributed by atoms with E-state index in [0.29, 0.717) is 31.1 Å². The molecule has 2 saturated heterocycles. The Bertz CT molecular complexity index is 561. The number of carbonyl (C=O) groups is 1. The molecular weight excluding hydrogens is 304 g/mol. The quantitative estimate of drug-likeness (QED) is 0.804. The predicted octanol–water partition coefficient (Wildman–Crippen LogP) is 2.55. The zero-order valence-electron chi connectivity index (χ0n) is 14.1. The van der Waals surface area contributed by atoms with E-state index < -0.39 is 0 Å². The van der Waals surface area contributed by atoms with E-state index >= 15 is 0 Å². The van der Waals surface area contributed by atoms with Gasteiger partial charge in [0.1, 0.15) is 0 Å². The number of aromatic nitrogens is 1. The maximum absolute atomic E-state index is 12.4. The van der Waals surface area contributed by atoms with Crippen LogP contribution < -0.4 is 0 Å². The van der Waals surface area contributed by atoms with Crippen LogP contribution >= 0.6 is 0 Å². The van der Waals surface area contributed by atoms with Crippen LogP contribution in [0.25, 0.3) is 0 Å². The lowest BCUT2D eigenvalue weighted by Gasteiger charge is -2.36. The Morgan fingerprint density at radius 3 is 2.83 bits per heavy atom. The molecule has 3 heterocycles. The van der Waals surface area contributed by atoms with Gasteiger partial charge in [0.15, 0.2) is 0 Å². The smallest absolute Gasteiger partial charge is 0.223 e. The van der Waals surface area contributed by atoms with Gasteiger partial charge in [0.2, 0.25) is 5.91 Å². The van der Waals surface area contributed by atoms with Crippen molar-refractivity contribution in [1.29, 1.82) is 0 Å². The molecule has 1 saturated carbocycles. The first-order valence-corrected chi connectivity index (χ1v) is 9.21. The third-order valence-corrected chi connectivity index (χ3v) is 5.44. The summed E-state index contributed by atoms with van der Waals surface area (Å²) in [4.78, 5) is 18.5. The molecule has 2 aliphatic heterocycles. The zero-order valence-corrected chi connectivity index (χ0v) is 14.1. The van der Waals surface area contributed by atoms with Gasteiger partial charge in [-0.15, -0.1) is 0 Å². The van der Waals surface area contributed by atoms with Gasteiger partial charge < -0.3 is 14.4 Å². The molecule has 3 aliphatic rings. The molecule has 4 rings (SSSR count). The van der Waals surface area contributed by atoms with Gasteiger partial charge in [-0.05, 0) is 55.7 Å². The van der Waals surface area contributed by atoms with Gasteiger partial charge in [-0.25, -0.2) is 0 Å². The summed E-state index contributed by atoms with van der Waals surface area (Å²) in [7, 11) is 0. The van der Waals surface area contributed by atoms with Crippen LogP contribution in [0.2, 0.25) is 0 Å². The van der Waals surface area contributed by atoms with E-state index in [1.54, 1.807) is 12.4 Å². The Kier molecular flexibility index (Phi) is 4.81. The molecule has 0 bridgehead atoms. The summed E-state index contributed by atoms with van der Waals surface area (Å²) in [6, 6.07) is 4.24. The minimum atomic E-state index is 0.159. The topological polar surface area (TPSA) is 51.7 Å². The molecular formula is C19H26N2O3. The lowest BCUT2D eigenvalue weighted by atomic mass is 9.99. The first-order chi connectivity index (χ1) is 11.8. The molecule has 3 atom stereocenters. The average molecular weight is 330 g/mol. The summed E-state index contributed by atoms with van der Waals surface area (Å²) in [5, 5.41) is 0. The molecule has 0 N–H and O–H groups in total. The summed E-state index contributed by atoms with van der Waals surface area (Å²) in [6.07, 6.45) is 10.2. The molecule has 0 spiro atoms. The van der Waals surface area contributed by atoms with Crippen LogP contribution in [0.5, 0.6) is 0 Å². The molecule has 0 unspecified atom stereocenters. The second-order valence-corrected chi connectivity index (χ2v) is 7.34. The largest absolute Gasteiger partial charge is 0.374 e. The van der Waals surface area contributed by atoms with Crippen LogP contribution in [-0.2, 0) is 20.9 Å². The fraction of sp³-hybridized carbons (Fsp3) is 0.684. The second kappa shape index (κ2) is 7.19. The highest BCUT2D eigenvalue weighted by molar-refractivity contribution is 5.77. The molecule has 1 aromatic rings. The number of nitrogens with zero attached hydrogens (tertiary/aromatic N) is 2. The van der Waals surface area contributed by atoms with Crippen LogP contribution in [0.1, 0.15) is 44.1 Å². The zero-order chi connectivity index (χ0) is 16.4. The van der Waals surface area contributed by atoms with Crippen molar-refractivity contribution in [2.75, 3.05) is 13.2 Å². The van der Waals surface area contributed by atoms with Crippen LogP contribution in [0.15, 0.2) is 24.5 Å². The van der Waals surface area contributed by atoms with Crippen molar-refractivity contribution in [1.82, 2.24) is 9.88 Å². The van der Waals surface area contributed by atoms with E-state index in [1.807, 2.05) is 12.1 Å². The Morgan fingerprint density at radius 1 is 1.21 bits per heavy atom. The van der Waals surface area contributed by atoms with Gasteiger partial charge >= 0.3 is 0 Å². The van der Waals surface area contributed by atoms with E-state index in [9.17, 15) is 4.79 Å². The van der Waals surface area contributed by atoms with E-state index in [1.165, 1.54) is 12.8 Å². The lowest BCUT2D eigenvalue weighted by molar-refractivity contribution is -0.139. The lowest BCUT2D eigenvalue weighted by Crippen LogP contribution is -2.46. The normalized spacial score (nSPS) is 29.5. The third-order valence-electron chi connectivity index (χ3n) is 5.44. The van der Waals surface area contributed by atoms with Gasteiger partial charge in [-0.2, -0.15) is 0 Å². The number of carbonyl (C=O) groups excluding carboxylic acids is 1. The highest BCUT2D eigenvalue weighted by Gasteiger charge is 2.42. The number of hydrogen-bond acceptors (Lipinski definition) is 4. The van der Waals surface area contributed by atoms with Crippen molar-refractivity contribution in [3.05, 3.63) is 30.1 Å². The van der Waals surface area contributed by atoms with Crippen molar-refractivity contribution in [3.63, 3.8) is 0 Å². The van der Waals surface area contributed by atoms with Gasteiger partial charge in [0.25, 0.3) is 0 Å². The Balaban J connectivity index is 1.22. The molecule has 5 nitrogen and oxygen atoms in total. The van der Waals surface area contributed by atoms with Crippen molar-refractivity contribution in [3.8, 4) is 0 Å². The van der Waals surface area contributed by atoms with Gasteiger partial charge in [0.05, 0.1) is 31.5 Å². The second-order valence-electron chi connectivity index (χ2n) is 7.34. The highest BCUT2D eigenvalue weighted by Crippen LogP contribution is 2.36. The summed E-state index contributed by atoms with van der Waals surface area (Å²) in [5.74, 6) is 1.01. The number of likely N-dealkylation sites (tertiary alicyclic amines) is 1. The summed E-state index contributed by atoms with van der Waals surface area (Å²) in [6.45, 7) is 2.09. The maximum atomic E-state index is 12.4. The molecule has 3 fully saturated rings. The van der Waals surface area contributed by atoms with E-state index in [2.05, 4.69) is 9.88 Å². The summed E-state index contributed by atoms with van der Waals surface area (Å²) < 4.78 is 12.0.